The Balaban J connectivity index is 2.58. The fraction of sp³-hybridized carbons (Fsp3) is 0.222. The molecule has 0 radical (unpaired) electrons. The van der Waals surface area contributed by atoms with Gasteiger partial charge in [0.25, 0.3) is 9.05 Å². The van der Waals surface area contributed by atoms with E-state index in [1.807, 2.05) is 0 Å². The number of benzene rings is 1. The van der Waals surface area contributed by atoms with Crippen LogP contribution in [-0.2, 0) is 13.8 Å². The smallest absolute Gasteiger partial charge is 0.261 e. The maximum absolute atomic E-state index is 11.3. The van der Waals surface area contributed by atoms with E-state index >= 15 is 0 Å². The molecule has 1 amide bonds. The monoisotopic (exact) mass is 245 g/mol. The number of nitrogens with one attached hydrogen (secondary N) is 1. The van der Waals surface area contributed by atoms with Gasteiger partial charge in [-0.2, -0.15) is 0 Å². The molecular formula is C9H8ClNO3S. The van der Waals surface area contributed by atoms with Gasteiger partial charge in [0.15, 0.2) is 0 Å². The van der Waals surface area contributed by atoms with Crippen molar-refractivity contribution in [3.63, 3.8) is 0 Å². The second-order valence-corrected chi connectivity index (χ2v) is 5.96. The molecule has 1 N–H and O–H groups in total. The third kappa shape index (κ3) is 1.72. The van der Waals surface area contributed by atoms with Crippen molar-refractivity contribution in [2.45, 2.75) is 17.7 Å². The van der Waals surface area contributed by atoms with Gasteiger partial charge >= 0.3 is 0 Å². The van der Waals surface area contributed by atoms with Gasteiger partial charge in [0.2, 0.25) is 5.91 Å². The molecule has 1 aliphatic rings. The summed E-state index contributed by atoms with van der Waals surface area (Å²) < 4.78 is 22.2. The molecule has 0 aromatic heterocycles. The number of halogens is 1. The van der Waals surface area contributed by atoms with Crippen LogP contribution in [-0.4, -0.2) is 14.3 Å². The molecule has 1 aromatic rings. The van der Waals surface area contributed by atoms with Crippen molar-refractivity contribution in [3.05, 3.63) is 23.8 Å². The number of carbonyl (C=O) groups excluding carboxylic acids is 1. The Morgan fingerprint density at radius 2 is 2.07 bits per heavy atom. The summed E-state index contributed by atoms with van der Waals surface area (Å²) in [7, 11) is 1.48. The lowest BCUT2D eigenvalue weighted by Crippen LogP contribution is -2.08. The number of hydrogen-bond donors (Lipinski definition) is 1. The maximum Gasteiger partial charge on any atom is 0.261 e. The van der Waals surface area contributed by atoms with Crippen molar-refractivity contribution in [1.29, 1.82) is 0 Å². The van der Waals surface area contributed by atoms with Gasteiger partial charge in [0.1, 0.15) is 0 Å². The lowest BCUT2D eigenvalue weighted by atomic mass is 10.0. The van der Waals surface area contributed by atoms with Crippen LogP contribution in [0.5, 0.6) is 0 Å². The molecule has 1 heterocycles. The van der Waals surface area contributed by atoms with Crippen LogP contribution in [0.4, 0.5) is 5.69 Å². The third-order valence-corrected chi connectivity index (χ3v) is 3.77. The Labute approximate surface area is 91.7 Å². The summed E-state index contributed by atoms with van der Waals surface area (Å²) in [5.41, 5.74) is 1.32. The average Bonchev–Trinajstić information content (AvgIpc) is 2.41. The molecule has 1 aliphatic heterocycles. The van der Waals surface area contributed by atoms with Gasteiger partial charge in [0, 0.05) is 16.4 Å². The Bertz CT molecular complexity index is 538. The van der Waals surface area contributed by atoms with Gasteiger partial charge in [-0.05, 0) is 30.7 Å². The molecule has 0 spiro atoms. The van der Waals surface area contributed by atoms with E-state index in [4.69, 9.17) is 10.7 Å². The molecule has 6 heteroatoms. The van der Waals surface area contributed by atoms with Crippen molar-refractivity contribution in [1.82, 2.24) is 0 Å². The minimum absolute atomic E-state index is 0.0197. The van der Waals surface area contributed by atoms with Crippen LogP contribution >= 0.6 is 10.7 Å². The predicted octanol–water partition coefficient (Wildman–Crippen LogP) is 1.67. The molecule has 80 valence electrons. The Morgan fingerprint density at radius 3 is 2.67 bits per heavy atom. The Kier molecular flexibility index (Phi) is 2.24. The largest absolute Gasteiger partial charge is 0.325 e. The molecule has 0 unspecified atom stereocenters. The molecule has 0 bridgehead atoms. The highest BCUT2D eigenvalue weighted by Gasteiger charge is 2.27. The zero-order chi connectivity index (χ0) is 11.2. The van der Waals surface area contributed by atoms with Gasteiger partial charge in [-0.1, -0.05) is 0 Å². The van der Waals surface area contributed by atoms with Crippen LogP contribution in [0.1, 0.15) is 18.4 Å². The third-order valence-electron chi connectivity index (χ3n) is 2.42. The summed E-state index contributed by atoms with van der Waals surface area (Å²) in [5, 5.41) is 2.65. The first-order chi connectivity index (χ1) is 6.89. The first-order valence-electron chi connectivity index (χ1n) is 4.29. The Morgan fingerprint density at radius 1 is 1.40 bits per heavy atom. The number of fused-ring (bicyclic) bond motifs is 1. The molecule has 0 saturated heterocycles. The normalized spacial score (nSPS) is 19.9. The van der Waals surface area contributed by atoms with Crippen LogP contribution in [0.25, 0.3) is 0 Å². The highest BCUT2D eigenvalue weighted by Crippen LogP contribution is 2.34. The van der Waals surface area contributed by atoms with E-state index in [1.54, 1.807) is 13.0 Å². The summed E-state index contributed by atoms with van der Waals surface area (Å²) in [6.45, 7) is 1.71. The fourth-order valence-corrected chi connectivity index (χ4v) is 2.33. The highest BCUT2D eigenvalue weighted by atomic mass is 35.7. The predicted molar refractivity (Wildman–Crippen MR) is 56.5 cm³/mol. The number of amides is 1. The van der Waals surface area contributed by atoms with Gasteiger partial charge in [-0.15, -0.1) is 0 Å². The highest BCUT2D eigenvalue weighted by molar-refractivity contribution is 8.13. The van der Waals surface area contributed by atoms with Gasteiger partial charge in [0.05, 0.1) is 10.8 Å². The van der Waals surface area contributed by atoms with Crippen molar-refractivity contribution in [2.24, 2.45) is 0 Å². The quantitative estimate of drug-likeness (QED) is 0.766. The number of anilines is 1. The van der Waals surface area contributed by atoms with Crippen molar-refractivity contribution in [2.75, 3.05) is 5.32 Å². The zero-order valence-corrected chi connectivity index (χ0v) is 9.39. The van der Waals surface area contributed by atoms with Crippen molar-refractivity contribution < 1.29 is 13.2 Å². The molecule has 1 aromatic carbocycles. The second-order valence-electron chi connectivity index (χ2n) is 3.40. The average molecular weight is 246 g/mol. The second kappa shape index (κ2) is 3.21. The molecule has 0 aliphatic carbocycles. The van der Waals surface area contributed by atoms with Gasteiger partial charge < -0.3 is 5.32 Å². The van der Waals surface area contributed by atoms with E-state index in [0.29, 0.717) is 11.3 Å². The summed E-state index contributed by atoms with van der Waals surface area (Å²) in [5.74, 6) is -0.465. The lowest BCUT2D eigenvalue weighted by molar-refractivity contribution is -0.116. The van der Waals surface area contributed by atoms with Gasteiger partial charge in [-0.25, -0.2) is 8.42 Å². The first kappa shape index (κ1) is 10.4. The van der Waals surface area contributed by atoms with E-state index in [2.05, 4.69) is 5.32 Å². The number of hydrogen-bond acceptors (Lipinski definition) is 3. The minimum Gasteiger partial charge on any atom is -0.325 e. The minimum atomic E-state index is -3.73. The number of carbonyl (C=O) groups is 1. The molecule has 1 atom stereocenters. The summed E-state index contributed by atoms with van der Waals surface area (Å²) in [6.07, 6.45) is 0. The van der Waals surface area contributed by atoms with Crippen LogP contribution in [0, 0.1) is 0 Å². The summed E-state index contributed by atoms with van der Waals surface area (Å²) in [6, 6.07) is 4.35. The van der Waals surface area contributed by atoms with Crippen LogP contribution in [0.3, 0.4) is 0 Å². The summed E-state index contributed by atoms with van der Waals surface area (Å²) >= 11 is 0. The number of rotatable bonds is 1. The van der Waals surface area contributed by atoms with E-state index in [9.17, 15) is 13.2 Å². The lowest BCUT2D eigenvalue weighted by Gasteiger charge is -2.02. The van der Waals surface area contributed by atoms with Gasteiger partial charge in [-0.3, -0.25) is 4.79 Å². The molecular weight excluding hydrogens is 238 g/mol. The first-order valence-corrected chi connectivity index (χ1v) is 6.60. The summed E-state index contributed by atoms with van der Waals surface area (Å²) in [4.78, 5) is 11.3. The van der Waals surface area contributed by atoms with E-state index < -0.39 is 9.05 Å². The molecule has 2 rings (SSSR count). The molecule has 0 fully saturated rings. The van der Waals surface area contributed by atoms with E-state index in [1.165, 1.54) is 12.1 Å². The van der Waals surface area contributed by atoms with Crippen molar-refractivity contribution >= 4 is 31.3 Å². The zero-order valence-electron chi connectivity index (χ0n) is 7.82. The van der Waals surface area contributed by atoms with Crippen LogP contribution in [0.2, 0.25) is 0 Å². The van der Waals surface area contributed by atoms with E-state index in [-0.39, 0.29) is 16.7 Å². The van der Waals surface area contributed by atoms with E-state index in [0.717, 1.165) is 0 Å². The molecule has 0 saturated carbocycles. The topological polar surface area (TPSA) is 63.2 Å². The standard InChI is InChI=1S/C9H8ClNO3S/c1-5-7-4-6(15(10,13)14)2-3-8(7)11-9(5)12/h2-5H,1H3,(H,11,12)/t5-/m1/s1. The fourth-order valence-electron chi connectivity index (χ4n) is 1.55. The maximum atomic E-state index is 11.3. The van der Waals surface area contributed by atoms with Crippen LogP contribution in [0.15, 0.2) is 23.1 Å². The molecule has 4 nitrogen and oxygen atoms in total. The Hall–Kier alpha value is -1.07. The van der Waals surface area contributed by atoms with Crippen molar-refractivity contribution in [3.8, 4) is 0 Å². The molecule has 15 heavy (non-hydrogen) atoms. The SMILES string of the molecule is C[C@H]1C(=O)Nc2ccc(S(=O)(=O)Cl)cc21. The van der Waals surface area contributed by atoms with Crippen LogP contribution < -0.4 is 5.32 Å².